The molecule has 0 heterocycles. The van der Waals surface area contributed by atoms with E-state index in [0.717, 1.165) is 12.3 Å². The van der Waals surface area contributed by atoms with Gasteiger partial charge >= 0.3 is 5.97 Å². The summed E-state index contributed by atoms with van der Waals surface area (Å²) in [5.41, 5.74) is 0.663. The van der Waals surface area contributed by atoms with Gasteiger partial charge in [0.1, 0.15) is 0 Å². The third-order valence-corrected chi connectivity index (χ3v) is 5.36. The minimum Gasteiger partial charge on any atom is -0.481 e. The SMILES string of the molecule is CC12CCC13C(CCC3C(=O)O)C2. The molecule has 1 N–H and O–H groups in total. The second kappa shape index (κ2) is 1.94. The molecule has 0 aliphatic heterocycles. The molecule has 1 spiro atoms. The van der Waals surface area contributed by atoms with Gasteiger partial charge in [-0.15, -0.1) is 0 Å². The molecule has 3 aliphatic carbocycles. The monoisotopic (exact) mass is 180 g/mol. The van der Waals surface area contributed by atoms with E-state index in [2.05, 4.69) is 6.92 Å². The minimum atomic E-state index is -0.534. The topological polar surface area (TPSA) is 37.3 Å². The number of rotatable bonds is 1. The average Bonchev–Trinajstić information content (AvgIpc) is 2.42. The van der Waals surface area contributed by atoms with Crippen LogP contribution in [-0.2, 0) is 4.79 Å². The summed E-state index contributed by atoms with van der Waals surface area (Å²) >= 11 is 0. The second-order valence-electron chi connectivity index (χ2n) is 5.47. The van der Waals surface area contributed by atoms with E-state index in [1.807, 2.05) is 0 Å². The van der Waals surface area contributed by atoms with Crippen LogP contribution in [0.1, 0.15) is 39.0 Å². The fraction of sp³-hybridized carbons (Fsp3) is 0.909. The first-order valence-electron chi connectivity index (χ1n) is 5.33. The van der Waals surface area contributed by atoms with E-state index in [9.17, 15) is 4.79 Å². The zero-order valence-electron chi connectivity index (χ0n) is 8.05. The number of aliphatic carboxylic acids is 1. The van der Waals surface area contributed by atoms with Crippen molar-refractivity contribution in [3.8, 4) is 0 Å². The average molecular weight is 180 g/mol. The van der Waals surface area contributed by atoms with Gasteiger partial charge in [0.15, 0.2) is 0 Å². The van der Waals surface area contributed by atoms with Crippen LogP contribution in [0.5, 0.6) is 0 Å². The normalized spacial score (nSPS) is 57.3. The third kappa shape index (κ3) is 0.598. The highest BCUT2D eigenvalue weighted by atomic mass is 16.4. The molecular formula is C11H16O2. The molecule has 2 nitrogen and oxygen atoms in total. The Morgan fingerprint density at radius 3 is 2.54 bits per heavy atom. The van der Waals surface area contributed by atoms with Crippen molar-refractivity contribution in [3.63, 3.8) is 0 Å². The maximum absolute atomic E-state index is 11.1. The fourth-order valence-electron chi connectivity index (χ4n) is 4.63. The number of hydrogen-bond donors (Lipinski definition) is 1. The largest absolute Gasteiger partial charge is 0.481 e. The van der Waals surface area contributed by atoms with E-state index in [0.29, 0.717) is 5.41 Å². The summed E-state index contributed by atoms with van der Waals surface area (Å²) in [7, 11) is 0. The lowest BCUT2D eigenvalue weighted by Crippen LogP contribution is -2.65. The van der Waals surface area contributed by atoms with Crippen molar-refractivity contribution in [2.24, 2.45) is 22.7 Å². The molecule has 0 aromatic carbocycles. The van der Waals surface area contributed by atoms with E-state index in [1.54, 1.807) is 0 Å². The summed E-state index contributed by atoms with van der Waals surface area (Å²) in [6, 6.07) is 0. The molecule has 0 bridgehead atoms. The highest BCUT2D eigenvalue weighted by molar-refractivity contribution is 5.72. The number of carboxylic acid groups (broad SMARTS) is 1. The Kier molecular flexibility index (Phi) is 1.17. The molecule has 3 rings (SSSR count). The van der Waals surface area contributed by atoms with Gasteiger partial charge in [0.05, 0.1) is 5.92 Å². The molecule has 3 saturated carbocycles. The molecule has 72 valence electrons. The van der Waals surface area contributed by atoms with Gasteiger partial charge in [0.2, 0.25) is 0 Å². The van der Waals surface area contributed by atoms with Crippen LogP contribution in [0.15, 0.2) is 0 Å². The highest BCUT2D eigenvalue weighted by Crippen LogP contribution is 2.80. The van der Waals surface area contributed by atoms with Gasteiger partial charge in [-0.05, 0) is 48.9 Å². The molecular weight excluding hydrogens is 164 g/mol. The van der Waals surface area contributed by atoms with Crippen LogP contribution in [0.4, 0.5) is 0 Å². The van der Waals surface area contributed by atoms with Crippen molar-refractivity contribution in [2.75, 3.05) is 0 Å². The van der Waals surface area contributed by atoms with Crippen LogP contribution in [0.3, 0.4) is 0 Å². The summed E-state index contributed by atoms with van der Waals surface area (Å²) in [5, 5.41) is 9.17. The lowest BCUT2D eigenvalue weighted by molar-refractivity contribution is -0.231. The molecule has 0 aromatic heterocycles. The van der Waals surface area contributed by atoms with Crippen molar-refractivity contribution in [1.29, 1.82) is 0 Å². The fourth-order valence-corrected chi connectivity index (χ4v) is 4.63. The Morgan fingerprint density at radius 2 is 2.15 bits per heavy atom. The Bertz CT molecular complexity index is 286. The lowest BCUT2D eigenvalue weighted by atomic mass is 9.33. The van der Waals surface area contributed by atoms with Crippen molar-refractivity contribution in [1.82, 2.24) is 0 Å². The maximum atomic E-state index is 11.1. The predicted molar refractivity (Wildman–Crippen MR) is 48.2 cm³/mol. The van der Waals surface area contributed by atoms with Crippen LogP contribution in [0.25, 0.3) is 0 Å². The molecule has 3 fully saturated rings. The van der Waals surface area contributed by atoms with E-state index in [4.69, 9.17) is 5.11 Å². The molecule has 0 saturated heterocycles. The first kappa shape index (κ1) is 7.84. The Hall–Kier alpha value is -0.530. The summed E-state index contributed by atoms with van der Waals surface area (Å²) in [6.45, 7) is 2.30. The highest BCUT2D eigenvalue weighted by Gasteiger charge is 2.74. The van der Waals surface area contributed by atoms with E-state index >= 15 is 0 Å². The molecule has 13 heavy (non-hydrogen) atoms. The molecule has 4 unspecified atom stereocenters. The smallest absolute Gasteiger partial charge is 0.307 e. The Balaban J connectivity index is 1.98. The van der Waals surface area contributed by atoms with Gasteiger partial charge in [-0.25, -0.2) is 0 Å². The second-order valence-corrected chi connectivity index (χ2v) is 5.47. The zero-order chi connectivity index (χ0) is 9.27. The van der Waals surface area contributed by atoms with Gasteiger partial charge in [0.25, 0.3) is 0 Å². The van der Waals surface area contributed by atoms with Crippen LogP contribution in [-0.4, -0.2) is 11.1 Å². The Labute approximate surface area is 78.3 Å². The number of carboxylic acids is 1. The summed E-state index contributed by atoms with van der Waals surface area (Å²) < 4.78 is 0. The standard InChI is InChI=1S/C11H16O2/c1-10-4-5-11(10)7(6-10)2-3-8(11)9(12)13/h7-8H,2-6H2,1H3,(H,12,13). The van der Waals surface area contributed by atoms with Crippen molar-refractivity contribution >= 4 is 5.97 Å². The quantitative estimate of drug-likeness (QED) is 0.672. The van der Waals surface area contributed by atoms with Crippen molar-refractivity contribution in [2.45, 2.75) is 39.0 Å². The van der Waals surface area contributed by atoms with Gasteiger partial charge in [0, 0.05) is 0 Å². The minimum absolute atomic E-state index is 0.00926. The molecule has 3 aliphatic rings. The summed E-state index contributed by atoms with van der Waals surface area (Å²) in [6.07, 6.45) is 5.87. The van der Waals surface area contributed by atoms with Crippen LogP contribution < -0.4 is 0 Å². The number of hydrogen-bond acceptors (Lipinski definition) is 1. The van der Waals surface area contributed by atoms with Gasteiger partial charge in [-0.2, -0.15) is 0 Å². The van der Waals surface area contributed by atoms with Crippen molar-refractivity contribution < 1.29 is 9.90 Å². The molecule has 0 amide bonds. The molecule has 4 atom stereocenters. The lowest BCUT2D eigenvalue weighted by Gasteiger charge is -2.71. The maximum Gasteiger partial charge on any atom is 0.307 e. The molecule has 0 aromatic rings. The van der Waals surface area contributed by atoms with Crippen molar-refractivity contribution in [3.05, 3.63) is 0 Å². The first-order valence-corrected chi connectivity index (χ1v) is 5.33. The Morgan fingerprint density at radius 1 is 1.38 bits per heavy atom. The zero-order valence-corrected chi connectivity index (χ0v) is 8.05. The first-order chi connectivity index (χ1) is 6.10. The van der Waals surface area contributed by atoms with Gasteiger partial charge in [-0.1, -0.05) is 6.92 Å². The van der Waals surface area contributed by atoms with E-state index in [-0.39, 0.29) is 11.3 Å². The third-order valence-electron chi connectivity index (χ3n) is 5.36. The number of carbonyl (C=O) groups is 1. The molecule has 0 radical (unpaired) electrons. The summed E-state index contributed by atoms with van der Waals surface area (Å²) in [5.74, 6) is 0.213. The predicted octanol–water partition coefficient (Wildman–Crippen LogP) is 2.29. The van der Waals surface area contributed by atoms with Crippen LogP contribution in [0, 0.1) is 22.7 Å². The molecule has 2 heteroatoms. The van der Waals surface area contributed by atoms with Gasteiger partial charge < -0.3 is 5.11 Å². The van der Waals surface area contributed by atoms with E-state index < -0.39 is 5.97 Å². The summed E-state index contributed by atoms with van der Waals surface area (Å²) in [4.78, 5) is 11.1. The van der Waals surface area contributed by atoms with Gasteiger partial charge in [-0.3, -0.25) is 4.79 Å². The van der Waals surface area contributed by atoms with Crippen LogP contribution in [0.2, 0.25) is 0 Å². The van der Waals surface area contributed by atoms with Crippen LogP contribution >= 0.6 is 0 Å². The van der Waals surface area contributed by atoms with E-state index in [1.165, 1.54) is 25.7 Å².